The molecule has 100 valence electrons. The number of amides is 1. The van der Waals surface area contributed by atoms with Crippen LogP contribution in [-0.4, -0.2) is 23.9 Å². The first-order chi connectivity index (χ1) is 9.06. The molecule has 1 aromatic rings. The second-order valence-electron chi connectivity index (χ2n) is 3.82. The number of carbonyl (C=O) groups excluding carboxylic acids is 1. The highest BCUT2D eigenvalue weighted by atomic mass is 16.6. The second kappa shape index (κ2) is 6.97. The van der Waals surface area contributed by atoms with E-state index in [0.717, 1.165) is 0 Å². The van der Waals surface area contributed by atoms with Gasteiger partial charge in [0.2, 0.25) is 5.91 Å². The number of benzene rings is 1. The predicted octanol–water partition coefficient (Wildman–Crippen LogP) is 2.12. The summed E-state index contributed by atoms with van der Waals surface area (Å²) >= 11 is 0. The predicted molar refractivity (Wildman–Crippen MR) is 68.5 cm³/mol. The van der Waals surface area contributed by atoms with Crippen molar-refractivity contribution in [2.45, 2.75) is 12.8 Å². The zero-order chi connectivity index (χ0) is 14.3. The SMILES string of the molecule is CC(C(=O)NCCN=[N+]=[N-])c1cccc([N+](=O)[O-])c1. The molecule has 0 heterocycles. The number of nitrogens with zero attached hydrogens (tertiary/aromatic N) is 4. The minimum Gasteiger partial charge on any atom is -0.355 e. The van der Waals surface area contributed by atoms with Crippen molar-refractivity contribution in [3.05, 3.63) is 50.4 Å². The van der Waals surface area contributed by atoms with Gasteiger partial charge in [0.25, 0.3) is 5.69 Å². The summed E-state index contributed by atoms with van der Waals surface area (Å²) in [6.07, 6.45) is 0. The molecule has 0 aliphatic carbocycles. The smallest absolute Gasteiger partial charge is 0.269 e. The van der Waals surface area contributed by atoms with Crippen LogP contribution in [0, 0.1) is 10.1 Å². The number of hydrogen-bond donors (Lipinski definition) is 1. The quantitative estimate of drug-likeness (QED) is 0.211. The van der Waals surface area contributed by atoms with E-state index in [9.17, 15) is 14.9 Å². The summed E-state index contributed by atoms with van der Waals surface area (Å²) in [7, 11) is 0. The summed E-state index contributed by atoms with van der Waals surface area (Å²) in [6, 6.07) is 5.94. The zero-order valence-electron chi connectivity index (χ0n) is 10.3. The highest BCUT2D eigenvalue weighted by molar-refractivity contribution is 5.83. The lowest BCUT2D eigenvalue weighted by Gasteiger charge is -2.11. The van der Waals surface area contributed by atoms with Crippen LogP contribution in [0.25, 0.3) is 10.4 Å². The van der Waals surface area contributed by atoms with Gasteiger partial charge in [-0.15, -0.1) is 0 Å². The van der Waals surface area contributed by atoms with Gasteiger partial charge in [0.15, 0.2) is 0 Å². The van der Waals surface area contributed by atoms with E-state index in [4.69, 9.17) is 5.53 Å². The maximum Gasteiger partial charge on any atom is 0.269 e. The van der Waals surface area contributed by atoms with Gasteiger partial charge in [-0.05, 0) is 18.0 Å². The highest BCUT2D eigenvalue weighted by Gasteiger charge is 2.17. The Morgan fingerprint density at radius 3 is 3.00 bits per heavy atom. The van der Waals surface area contributed by atoms with Crippen LogP contribution in [0.15, 0.2) is 29.4 Å². The minimum absolute atomic E-state index is 0.0498. The normalized spacial score (nSPS) is 11.2. The van der Waals surface area contributed by atoms with E-state index in [1.807, 2.05) is 0 Å². The summed E-state index contributed by atoms with van der Waals surface area (Å²) in [6.45, 7) is 2.06. The molecule has 0 saturated heterocycles. The molecule has 1 amide bonds. The largest absolute Gasteiger partial charge is 0.355 e. The first kappa shape index (κ1) is 14.5. The van der Waals surface area contributed by atoms with E-state index >= 15 is 0 Å². The average Bonchev–Trinajstić information content (AvgIpc) is 2.42. The molecule has 0 fully saturated rings. The van der Waals surface area contributed by atoms with Gasteiger partial charge < -0.3 is 5.32 Å². The molecule has 0 aliphatic heterocycles. The zero-order valence-corrected chi connectivity index (χ0v) is 10.3. The Morgan fingerprint density at radius 2 is 2.37 bits per heavy atom. The number of non-ortho nitro benzene ring substituents is 1. The number of hydrogen-bond acceptors (Lipinski definition) is 4. The van der Waals surface area contributed by atoms with Gasteiger partial charge in [0.05, 0.1) is 10.8 Å². The fourth-order valence-electron chi connectivity index (χ4n) is 1.49. The summed E-state index contributed by atoms with van der Waals surface area (Å²) in [5, 5.41) is 16.5. The molecule has 0 aromatic heterocycles. The third-order valence-electron chi connectivity index (χ3n) is 2.55. The lowest BCUT2D eigenvalue weighted by molar-refractivity contribution is -0.384. The lowest BCUT2D eigenvalue weighted by Crippen LogP contribution is -2.30. The van der Waals surface area contributed by atoms with Gasteiger partial charge in [-0.3, -0.25) is 14.9 Å². The fraction of sp³-hybridized carbons (Fsp3) is 0.364. The van der Waals surface area contributed by atoms with Crippen LogP contribution in [0.3, 0.4) is 0 Å². The first-order valence-corrected chi connectivity index (χ1v) is 5.59. The number of nitrogens with one attached hydrogen (secondary N) is 1. The van der Waals surface area contributed by atoms with Gasteiger partial charge >= 0.3 is 0 Å². The van der Waals surface area contributed by atoms with Crippen molar-refractivity contribution in [3.8, 4) is 0 Å². The third kappa shape index (κ3) is 4.29. The van der Waals surface area contributed by atoms with Gasteiger partial charge in [0.1, 0.15) is 0 Å². The maximum absolute atomic E-state index is 11.8. The average molecular weight is 263 g/mol. The van der Waals surface area contributed by atoms with E-state index in [1.165, 1.54) is 18.2 Å². The molecule has 0 saturated carbocycles. The molecule has 8 heteroatoms. The van der Waals surface area contributed by atoms with E-state index in [1.54, 1.807) is 13.0 Å². The van der Waals surface area contributed by atoms with Crippen LogP contribution in [0.5, 0.6) is 0 Å². The van der Waals surface area contributed by atoms with Crippen molar-refractivity contribution in [1.29, 1.82) is 0 Å². The van der Waals surface area contributed by atoms with Crippen LogP contribution >= 0.6 is 0 Å². The van der Waals surface area contributed by atoms with Crippen LogP contribution in [0.1, 0.15) is 18.4 Å². The van der Waals surface area contributed by atoms with Crippen molar-refractivity contribution < 1.29 is 9.72 Å². The van der Waals surface area contributed by atoms with Crippen LogP contribution in [-0.2, 0) is 4.79 Å². The molecule has 0 bridgehead atoms. The van der Waals surface area contributed by atoms with E-state index < -0.39 is 10.8 Å². The topological polar surface area (TPSA) is 121 Å². The van der Waals surface area contributed by atoms with Crippen LogP contribution < -0.4 is 5.32 Å². The molecule has 1 rings (SSSR count). The van der Waals surface area contributed by atoms with Crippen molar-refractivity contribution in [2.75, 3.05) is 13.1 Å². The molecular weight excluding hydrogens is 250 g/mol. The molecule has 1 unspecified atom stereocenters. The molecule has 1 N–H and O–H groups in total. The molecule has 8 nitrogen and oxygen atoms in total. The molecule has 1 aromatic carbocycles. The standard InChI is InChI=1S/C11H13N5O3/c1-8(11(17)13-5-6-14-15-12)9-3-2-4-10(7-9)16(18)19/h2-4,7-8H,5-6H2,1H3,(H,13,17). The summed E-state index contributed by atoms with van der Waals surface area (Å²) in [4.78, 5) is 24.5. The van der Waals surface area contributed by atoms with Crippen molar-refractivity contribution in [3.63, 3.8) is 0 Å². The van der Waals surface area contributed by atoms with Crippen molar-refractivity contribution in [1.82, 2.24) is 5.32 Å². The van der Waals surface area contributed by atoms with Crippen molar-refractivity contribution >= 4 is 11.6 Å². The van der Waals surface area contributed by atoms with Gasteiger partial charge in [-0.2, -0.15) is 0 Å². The Bertz CT molecular complexity index is 525. The number of nitro benzene ring substituents is 1. The molecule has 19 heavy (non-hydrogen) atoms. The first-order valence-electron chi connectivity index (χ1n) is 5.59. The lowest BCUT2D eigenvalue weighted by atomic mass is 10.00. The van der Waals surface area contributed by atoms with Crippen molar-refractivity contribution in [2.24, 2.45) is 5.11 Å². The molecule has 0 spiro atoms. The fourth-order valence-corrected chi connectivity index (χ4v) is 1.49. The van der Waals surface area contributed by atoms with E-state index in [0.29, 0.717) is 5.56 Å². The third-order valence-corrected chi connectivity index (χ3v) is 2.55. The summed E-state index contributed by atoms with van der Waals surface area (Å²) in [5.41, 5.74) is 8.60. The minimum atomic E-state index is -0.508. The van der Waals surface area contributed by atoms with Crippen LogP contribution in [0.4, 0.5) is 5.69 Å². The number of rotatable bonds is 6. The van der Waals surface area contributed by atoms with Crippen LogP contribution in [0.2, 0.25) is 0 Å². The molecule has 1 atom stereocenters. The Morgan fingerprint density at radius 1 is 1.63 bits per heavy atom. The van der Waals surface area contributed by atoms with E-state index in [2.05, 4.69) is 15.3 Å². The summed E-state index contributed by atoms with van der Waals surface area (Å²) < 4.78 is 0. The molecular formula is C11H13N5O3. The Balaban J connectivity index is 2.68. The monoisotopic (exact) mass is 263 g/mol. The van der Waals surface area contributed by atoms with Gasteiger partial charge in [-0.25, -0.2) is 0 Å². The Kier molecular flexibility index (Phi) is 5.31. The van der Waals surface area contributed by atoms with E-state index in [-0.39, 0.29) is 24.7 Å². The number of azide groups is 1. The van der Waals surface area contributed by atoms with Gasteiger partial charge in [-0.1, -0.05) is 17.2 Å². The highest BCUT2D eigenvalue weighted by Crippen LogP contribution is 2.20. The molecule has 0 aliphatic rings. The molecule has 0 radical (unpaired) electrons. The van der Waals surface area contributed by atoms with Gasteiger partial charge in [0, 0.05) is 30.1 Å². The maximum atomic E-state index is 11.8. The number of carbonyl (C=O) groups is 1. The number of nitro groups is 1. The summed E-state index contributed by atoms with van der Waals surface area (Å²) in [5.74, 6) is -0.778. The Labute approximate surface area is 109 Å². The second-order valence-corrected chi connectivity index (χ2v) is 3.82. The Hall–Kier alpha value is -2.60.